The van der Waals surface area contributed by atoms with Gasteiger partial charge in [-0.25, -0.2) is 4.39 Å². The highest BCUT2D eigenvalue weighted by atomic mass is 19.1. The minimum Gasteiger partial charge on any atom is -0.490 e. The molecule has 2 heterocycles. The van der Waals surface area contributed by atoms with E-state index in [0.717, 1.165) is 45.2 Å². The minimum atomic E-state index is -0.483. The molecule has 34 heavy (non-hydrogen) atoms. The SMILES string of the molecule is C[C@@H]1CCCN1CCCOc1ccc(C(=O)CN2CCN(C(=O)C3CCCCC3)CC2)cc1F. The van der Waals surface area contributed by atoms with E-state index in [1.165, 1.54) is 25.3 Å². The molecule has 0 radical (unpaired) electrons. The number of halogens is 1. The summed E-state index contributed by atoms with van der Waals surface area (Å²) in [6.45, 7) is 7.78. The van der Waals surface area contributed by atoms with Crippen LogP contribution in [-0.4, -0.2) is 84.9 Å². The summed E-state index contributed by atoms with van der Waals surface area (Å²) < 4.78 is 20.2. The second kappa shape index (κ2) is 12.1. The van der Waals surface area contributed by atoms with Gasteiger partial charge in [-0.3, -0.25) is 14.5 Å². The molecule has 0 N–H and O–H groups in total. The first kappa shape index (κ1) is 25.1. The number of benzene rings is 1. The zero-order chi connectivity index (χ0) is 23.9. The standard InChI is InChI=1S/C27H40FN3O3/c1-21-7-5-12-30(21)13-6-18-34-26-11-10-23(19-24(26)28)25(32)20-29-14-16-31(17-15-29)27(33)22-8-3-2-4-9-22/h10-11,19,21-22H,2-9,12-18,20H2,1H3/t21-/m1/s1. The number of amides is 1. The summed E-state index contributed by atoms with van der Waals surface area (Å²) in [7, 11) is 0. The van der Waals surface area contributed by atoms with Crippen LogP contribution in [0.3, 0.4) is 0 Å². The van der Waals surface area contributed by atoms with Crippen molar-refractivity contribution >= 4 is 11.7 Å². The van der Waals surface area contributed by atoms with E-state index in [2.05, 4.69) is 16.7 Å². The molecule has 0 unspecified atom stereocenters. The van der Waals surface area contributed by atoms with E-state index >= 15 is 0 Å². The lowest BCUT2D eigenvalue weighted by Crippen LogP contribution is -2.51. The first-order chi connectivity index (χ1) is 16.5. The second-order valence-corrected chi connectivity index (χ2v) is 10.2. The van der Waals surface area contributed by atoms with Crippen LogP contribution in [0.1, 0.15) is 68.6 Å². The Morgan fingerprint density at radius 2 is 1.76 bits per heavy atom. The van der Waals surface area contributed by atoms with E-state index in [4.69, 9.17) is 4.74 Å². The summed E-state index contributed by atoms with van der Waals surface area (Å²) in [5.74, 6) is 0.109. The smallest absolute Gasteiger partial charge is 0.225 e. The molecule has 1 atom stereocenters. The molecule has 2 aliphatic heterocycles. The first-order valence-corrected chi connectivity index (χ1v) is 13.2. The summed E-state index contributed by atoms with van der Waals surface area (Å²) in [6.07, 6.45) is 8.94. The lowest BCUT2D eigenvalue weighted by Gasteiger charge is -2.36. The first-order valence-electron chi connectivity index (χ1n) is 13.2. The van der Waals surface area contributed by atoms with Crippen LogP contribution in [0.5, 0.6) is 5.75 Å². The Labute approximate surface area is 203 Å². The highest BCUT2D eigenvalue weighted by Crippen LogP contribution is 2.26. The van der Waals surface area contributed by atoms with Crippen LogP contribution >= 0.6 is 0 Å². The Balaban J connectivity index is 1.19. The van der Waals surface area contributed by atoms with Crippen LogP contribution in [0.4, 0.5) is 4.39 Å². The third-order valence-corrected chi connectivity index (χ3v) is 7.80. The van der Waals surface area contributed by atoms with Gasteiger partial charge in [0.1, 0.15) is 0 Å². The van der Waals surface area contributed by atoms with Crippen molar-refractivity contribution < 1.29 is 18.7 Å². The van der Waals surface area contributed by atoms with Crippen molar-refractivity contribution in [3.05, 3.63) is 29.6 Å². The van der Waals surface area contributed by atoms with Crippen LogP contribution in [0.2, 0.25) is 0 Å². The molecule has 1 aromatic rings. The van der Waals surface area contributed by atoms with Gasteiger partial charge in [0.15, 0.2) is 17.3 Å². The molecule has 2 saturated heterocycles. The van der Waals surface area contributed by atoms with Gasteiger partial charge in [-0.05, 0) is 63.8 Å². The predicted octanol–water partition coefficient (Wildman–Crippen LogP) is 3.99. The average molecular weight is 474 g/mol. The summed E-state index contributed by atoms with van der Waals surface area (Å²) in [6, 6.07) is 5.15. The second-order valence-electron chi connectivity index (χ2n) is 10.2. The van der Waals surface area contributed by atoms with E-state index in [1.54, 1.807) is 12.1 Å². The summed E-state index contributed by atoms with van der Waals surface area (Å²) in [5, 5.41) is 0. The van der Waals surface area contributed by atoms with E-state index in [0.29, 0.717) is 50.3 Å². The fourth-order valence-corrected chi connectivity index (χ4v) is 5.59. The molecule has 0 bridgehead atoms. The van der Waals surface area contributed by atoms with Crippen LogP contribution in [-0.2, 0) is 4.79 Å². The fraction of sp³-hybridized carbons (Fsp3) is 0.704. The lowest BCUT2D eigenvalue weighted by atomic mass is 9.88. The maximum atomic E-state index is 14.6. The third kappa shape index (κ3) is 6.57. The maximum Gasteiger partial charge on any atom is 0.225 e. The minimum absolute atomic E-state index is 0.0967. The van der Waals surface area contributed by atoms with Crippen molar-refractivity contribution in [3.63, 3.8) is 0 Å². The van der Waals surface area contributed by atoms with Crippen LogP contribution in [0.15, 0.2) is 18.2 Å². The average Bonchev–Trinajstić information content (AvgIpc) is 3.27. The van der Waals surface area contributed by atoms with Gasteiger partial charge < -0.3 is 14.5 Å². The molecule has 6 nitrogen and oxygen atoms in total. The number of carbonyl (C=O) groups is 2. The van der Waals surface area contributed by atoms with Gasteiger partial charge in [-0.1, -0.05) is 19.3 Å². The van der Waals surface area contributed by atoms with Crippen LogP contribution in [0.25, 0.3) is 0 Å². The molecule has 4 rings (SSSR count). The maximum absolute atomic E-state index is 14.6. The third-order valence-electron chi connectivity index (χ3n) is 7.80. The van der Waals surface area contributed by atoms with E-state index in [9.17, 15) is 14.0 Å². The summed E-state index contributed by atoms with van der Waals surface area (Å²) in [5.41, 5.74) is 0.372. The Kier molecular flexibility index (Phi) is 8.95. The van der Waals surface area contributed by atoms with E-state index < -0.39 is 5.82 Å². The molecule has 1 aliphatic carbocycles. The molecule has 3 fully saturated rings. The summed E-state index contributed by atoms with van der Waals surface area (Å²) >= 11 is 0. The number of hydrogen-bond donors (Lipinski definition) is 0. The van der Waals surface area contributed by atoms with Gasteiger partial charge in [0, 0.05) is 50.2 Å². The number of nitrogens with zero attached hydrogens (tertiary/aromatic N) is 3. The van der Waals surface area contributed by atoms with Crippen molar-refractivity contribution in [2.45, 2.75) is 64.3 Å². The Morgan fingerprint density at radius 3 is 2.44 bits per heavy atom. The number of Topliss-reactive ketones (excluding diaryl/α,β-unsaturated/α-hetero) is 1. The quantitative estimate of drug-likeness (QED) is 0.401. The molecular weight excluding hydrogens is 433 g/mol. The van der Waals surface area contributed by atoms with Crippen LogP contribution in [0, 0.1) is 11.7 Å². The zero-order valence-electron chi connectivity index (χ0n) is 20.6. The Bertz CT molecular complexity index is 834. The Morgan fingerprint density at radius 1 is 1.00 bits per heavy atom. The highest BCUT2D eigenvalue weighted by molar-refractivity contribution is 5.97. The number of ketones is 1. The van der Waals surface area contributed by atoms with Crippen molar-refractivity contribution in [3.8, 4) is 5.75 Å². The molecule has 0 spiro atoms. The molecule has 1 amide bonds. The largest absolute Gasteiger partial charge is 0.490 e. The molecule has 3 aliphatic rings. The van der Waals surface area contributed by atoms with Gasteiger partial charge >= 0.3 is 0 Å². The topological polar surface area (TPSA) is 53.1 Å². The van der Waals surface area contributed by atoms with Crippen molar-refractivity contribution in [2.75, 3.05) is 52.4 Å². The summed E-state index contributed by atoms with van der Waals surface area (Å²) in [4.78, 5) is 32.0. The van der Waals surface area contributed by atoms with E-state index in [1.807, 2.05) is 4.90 Å². The Hall–Kier alpha value is -1.99. The molecule has 1 saturated carbocycles. The molecule has 7 heteroatoms. The number of carbonyl (C=O) groups excluding carboxylic acids is 2. The van der Waals surface area contributed by atoms with E-state index in [-0.39, 0.29) is 24.0 Å². The van der Waals surface area contributed by atoms with Gasteiger partial charge in [0.25, 0.3) is 0 Å². The lowest BCUT2D eigenvalue weighted by molar-refractivity contribution is -0.138. The molecule has 188 valence electrons. The van der Waals surface area contributed by atoms with Gasteiger partial charge in [-0.15, -0.1) is 0 Å². The highest BCUT2D eigenvalue weighted by Gasteiger charge is 2.29. The number of hydrogen-bond acceptors (Lipinski definition) is 5. The number of ether oxygens (including phenoxy) is 1. The van der Waals surface area contributed by atoms with Crippen molar-refractivity contribution in [1.29, 1.82) is 0 Å². The monoisotopic (exact) mass is 473 g/mol. The van der Waals surface area contributed by atoms with Crippen molar-refractivity contribution in [1.82, 2.24) is 14.7 Å². The molecule has 1 aromatic carbocycles. The van der Waals surface area contributed by atoms with Gasteiger partial charge in [-0.2, -0.15) is 0 Å². The number of likely N-dealkylation sites (tertiary alicyclic amines) is 1. The number of rotatable bonds is 9. The normalized spacial score (nSPS) is 22.8. The fourth-order valence-electron chi connectivity index (χ4n) is 5.59. The molecule has 0 aromatic heterocycles. The predicted molar refractivity (Wildman–Crippen MR) is 131 cm³/mol. The van der Waals surface area contributed by atoms with Gasteiger partial charge in [0.2, 0.25) is 5.91 Å². The molecular formula is C27H40FN3O3. The van der Waals surface area contributed by atoms with Crippen LogP contribution < -0.4 is 4.74 Å². The number of piperazine rings is 1. The zero-order valence-corrected chi connectivity index (χ0v) is 20.6. The van der Waals surface area contributed by atoms with Gasteiger partial charge in [0.05, 0.1) is 13.2 Å². The van der Waals surface area contributed by atoms with Crippen molar-refractivity contribution in [2.24, 2.45) is 5.92 Å².